The van der Waals surface area contributed by atoms with Crippen LogP contribution in [0.3, 0.4) is 0 Å². The maximum Gasteiger partial charge on any atom is 0.419 e. The Morgan fingerprint density at radius 1 is 1.00 bits per heavy atom. The highest BCUT2D eigenvalue weighted by atomic mass is 16.6. The zero-order chi connectivity index (χ0) is 17.1. The average molecular weight is 332 g/mol. The van der Waals surface area contributed by atoms with Crippen molar-refractivity contribution in [2.75, 3.05) is 0 Å². The molecular weight excluding hydrogens is 312 g/mol. The van der Waals surface area contributed by atoms with Crippen LogP contribution < -0.4 is 0 Å². The lowest BCUT2D eigenvalue weighted by atomic mass is 9.97. The lowest BCUT2D eigenvalue weighted by molar-refractivity contribution is -0.148. The second-order valence-electron chi connectivity index (χ2n) is 5.55. The van der Waals surface area contributed by atoms with E-state index >= 15 is 0 Å². The molecule has 7 atom stereocenters. The molecule has 10 nitrogen and oxygen atoms in total. The molecule has 23 heavy (non-hydrogen) atoms. The van der Waals surface area contributed by atoms with E-state index < -0.39 is 48.8 Å². The van der Waals surface area contributed by atoms with Crippen LogP contribution in [0.4, 0.5) is 4.79 Å². The minimum Gasteiger partial charge on any atom is -0.443 e. The molecule has 1 fully saturated rings. The van der Waals surface area contributed by atoms with Crippen LogP contribution in [0.1, 0.15) is 12.8 Å². The van der Waals surface area contributed by atoms with Gasteiger partial charge in [0.25, 0.3) is 0 Å². The molecule has 1 aliphatic rings. The van der Waals surface area contributed by atoms with Crippen molar-refractivity contribution in [2.24, 2.45) is 0 Å². The van der Waals surface area contributed by atoms with Crippen molar-refractivity contribution in [1.82, 2.24) is 9.55 Å². The highest BCUT2D eigenvalue weighted by molar-refractivity contribution is 5.70. The Balaban J connectivity index is 2.17. The number of aromatic nitrogens is 2. The monoisotopic (exact) mass is 332 g/mol. The molecule has 1 aromatic rings. The summed E-state index contributed by atoms with van der Waals surface area (Å²) < 4.78 is 6.02. The van der Waals surface area contributed by atoms with Gasteiger partial charge in [-0.05, 0) is 0 Å². The molecule has 0 aliphatic heterocycles. The third-order valence-electron chi connectivity index (χ3n) is 3.81. The van der Waals surface area contributed by atoms with E-state index in [-0.39, 0.29) is 12.8 Å². The Kier molecular flexibility index (Phi) is 5.68. The predicted molar refractivity (Wildman–Crippen MR) is 73.2 cm³/mol. The quantitative estimate of drug-likeness (QED) is 0.318. The first kappa shape index (κ1) is 17.8. The minimum atomic E-state index is -1.88. The standard InChI is InChI=1S/C13H20N2O8/c16-6-3-7(17)9(18)11(20)12(21)10(19)8(4-6)23-13(22)15-2-1-14-5-15/h1-2,5-12,16-21H,3-4H2. The van der Waals surface area contributed by atoms with Gasteiger partial charge in [-0.25, -0.2) is 14.3 Å². The van der Waals surface area contributed by atoms with E-state index in [0.29, 0.717) is 0 Å². The average Bonchev–Trinajstić information content (AvgIpc) is 3.05. The fourth-order valence-corrected chi connectivity index (χ4v) is 2.45. The lowest BCUT2D eigenvalue weighted by Gasteiger charge is -2.30. The summed E-state index contributed by atoms with van der Waals surface area (Å²) in [5.41, 5.74) is 0. The highest BCUT2D eigenvalue weighted by Crippen LogP contribution is 2.22. The third kappa shape index (κ3) is 4.05. The van der Waals surface area contributed by atoms with E-state index in [0.717, 1.165) is 4.57 Å². The van der Waals surface area contributed by atoms with Gasteiger partial charge in [0.05, 0.1) is 12.2 Å². The van der Waals surface area contributed by atoms with Crippen molar-refractivity contribution in [3.05, 3.63) is 18.7 Å². The number of aliphatic hydroxyl groups is 6. The van der Waals surface area contributed by atoms with Crippen LogP contribution in [-0.4, -0.2) is 89.0 Å². The lowest BCUT2D eigenvalue weighted by Crippen LogP contribution is -2.52. The molecule has 0 aromatic carbocycles. The number of hydrogen-bond donors (Lipinski definition) is 6. The van der Waals surface area contributed by atoms with Crippen LogP contribution in [-0.2, 0) is 4.74 Å². The number of ether oxygens (including phenoxy) is 1. The second kappa shape index (κ2) is 7.34. The Labute approximate surface area is 131 Å². The summed E-state index contributed by atoms with van der Waals surface area (Å²) in [4.78, 5) is 15.6. The number of hydrogen-bond acceptors (Lipinski definition) is 9. The fraction of sp³-hybridized carbons (Fsp3) is 0.692. The van der Waals surface area contributed by atoms with E-state index in [4.69, 9.17) is 4.74 Å². The van der Waals surface area contributed by atoms with E-state index in [1.807, 2.05) is 0 Å². The first-order valence-electron chi connectivity index (χ1n) is 7.08. The van der Waals surface area contributed by atoms with Crippen LogP contribution in [0, 0.1) is 0 Å². The SMILES string of the molecule is O=C(OC1CC(O)CC(O)C(O)C(O)C(O)C1O)n1ccnc1. The summed E-state index contributed by atoms with van der Waals surface area (Å²) in [5, 5.41) is 59.0. The van der Waals surface area contributed by atoms with Crippen molar-refractivity contribution in [2.45, 2.75) is 55.6 Å². The van der Waals surface area contributed by atoms with Gasteiger partial charge in [-0.3, -0.25) is 0 Å². The second-order valence-corrected chi connectivity index (χ2v) is 5.55. The molecule has 1 saturated carbocycles. The fourth-order valence-electron chi connectivity index (χ4n) is 2.45. The van der Waals surface area contributed by atoms with Gasteiger partial charge < -0.3 is 35.4 Å². The maximum atomic E-state index is 11.9. The van der Waals surface area contributed by atoms with E-state index in [1.54, 1.807) is 0 Å². The van der Waals surface area contributed by atoms with Crippen LogP contribution in [0.5, 0.6) is 0 Å². The van der Waals surface area contributed by atoms with Crippen molar-refractivity contribution in [3.8, 4) is 0 Å². The van der Waals surface area contributed by atoms with Crippen LogP contribution in [0.25, 0.3) is 0 Å². The molecule has 1 aliphatic carbocycles. The Bertz CT molecular complexity index is 510. The van der Waals surface area contributed by atoms with Gasteiger partial charge in [0.1, 0.15) is 36.8 Å². The molecule has 0 amide bonds. The number of rotatable bonds is 1. The zero-order valence-electron chi connectivity index (χ0n) is 12.1. The zero-order valence-corrected chi connectivity index (χ0v) is 12.1. The predicted octanol–water partition coefficient (Wildman–Crippen LogP) is -2.80. The smallest absolute Gasteiger partial charge is 0.419 e. The molecule has 130 valence electrons. The Hall–Kier alpha value is -1.56. The van der Waals surface area contributed by atoms with E-state index in [9.17, 15) is 35.4 Å². The largest absolute Gasteiger partial charge is 0.443 e. The number of imidazole rings is 1. The molecule has 1 aromatic heterocycles. The van der Waals surface area contributed by atoms with Crippen molar-refractivity contribution in [3.63, 3.8) is 0 Å². The molecule has 2 rings (SSSR count). The molecule has 10 heteroatoms. The summed E-state index contributed by atoms with van der Waals surface area (Å²) in [6.07, 6.45) is -9.11. The number of aliphatic hydroxyl groups excluding tert-OH is 6. The normalized spacial score (nSPS) is 39.1. The van der Waals surface area contributed by atoms with Crippen molar-refractivity contribution >= 4 is 6.09 Å². The molecule has 1 heterocycles. The molecule has 6 N–H and O–H groups in total. The van der Waals surface area contributed by atoms with Crippen molar-refractivity contribution in [1.29, 1.82) is 0 Å². The van der Waals surface area contributed by atoms with E-state index in [2.05, 4.69) is 4.98 Å². The summed E-state index contributed by atoms with van der Waals surface area (Å²) in [6.45, 7) is 0. The van der Waals surface area contributed by atoms with Gasteiger partial charge in [0, 0.05) is 25.2 Å². The molecular formula is C13H20N2O8. The molecule has 0 bridgehead atoms. The first-order valence-corrected chi connectivity index (χ1v) is 7.08. The topological polar surface area (TPSA) is 166 Å². The summed E-state index contributed by atoms with van der Waals surface area (Å²) >= 11 is 0. The van der Waals surface area contributed by atoms with Crippen molar-refractivity contribution < 1.29 is 40.2 Å². The van der Waals surface area contributed by atoms with Gasteiger partial charge in [0.2, 0.25) is 0 Å². The summed E-state index contributed by atoms with van der Waals surface area (Å²) in [6, 6.07) is 0. The number of nitrogens with zero attached hydrogens (tertiary/aromatic N) is 2. The minimum absolute atomic E-state index is 0.296. The maximum absolute atomic E-state index is 11.9. The molecule has 0 saturated heterocycles. The highest BCUT2D eigenvalue weighted by Gasteiger charge is 2.42. The molecule has 0 spiro atoms. The third-order valence-corrected chi connectivity index (χ3v) is 3.81. The van der Waals surface area contributed by atoms with Gasteiger partial charge in [-0.2, -0.15) is 0 Å². The van der Waals surface area contributed by atoms with Crippen LogP contribution in [0.15, 0.2) is 18.7 Å². The number of carbonyl (C=O) groups is 1. The Morgan fingerprint density at radius 2 is 1.65 bits per heavy atom. The Morgan fingerprint density at radius 3 is 2.26 bits per heavy atom. The van der Waals surface area contributed by atoms with Crippen LogP contribution in [0.2, 0.25) is 0 Å². The summed E-state index contributed by atoms with van der Waals surface area (Å²) in [5.74, 6) is 0. The summed E-state index contributed by atoms with van der Waals surface area (Å²) in [7, 11) is 0. The molecule has 0 radical (unpaired) electrons. The number of carbonyl (C=O) groups excluding carboxylic acids is 1. The first-order chi connectivity index (χ1) is 10.8. The van der Waals surface area contributed by atoms with E-state index in [1.165, 1.54) is 18.7 Å². The van der Waals surface area contributed by atoms with Crippen LogP contribution >= 0.6 is 0 Å². The van der Waals surface area contributed by atoms with Gasteiger partial charge in [0.15, 0.2) is 0 Å². The van der Waals surface area contributed by atoms with Gasteiger partial charge in [-0.1, -0.05) is 0 Å². The van der Waals surface area contributed by atoms with Gasteiger partial charge in [-0.15, -0.1) is 0 Å². The van der Waals surface area contributed by atoms with Gasteiger partial charge >= 0.3 is 6.09 Å². The molecule has 7 unspecified atom stereocenters.